The van der Waals surface area contributed by atoms with Crippen LogP contribution < -0.4 is 5.32 Å². The molecule has 1 aliphatic heterocycles. The molecule has 1 aliphatic rings. The first-order valence-corrected chi connectivity index (χ1v) is 13.0. The zero-order valence-corrected chi connectivity index (χ0v) is 20.2. The van der Waals surface area contributed by atoms with Crippen molar-refractivity contribution < 1.29 is 13.2 Å². The van der Waals surface area contributed by atoms with Crippen molar-refractivity contribution in [1.29, 1.82) is 0 Å². The van der Waals surface area contributed by atoms with E-state index in [0.717, 1.165) is 29.8 Å². The van der Waals surface area contributed by atoms with E-state index in [1.807, 2.05) is 67.7 Å². The molecule has 0 radical (unpaired) electrons. The minimum Gasteiger partial charge on any atom is -0.352 e. The highest BCUT2D eigenvalue weighted by atomic mass is 32.2. The van der Waals surface area contributed by atoms with Crippen LogP contribution in [0, 0.1) is 0 Å². The average molecular weight is 478 g/mol. The number of amides is 1. The van der Waals surface area contributed by atoms with Crippen molar-refractivity contribution in [3.63, 3.8) is 0 Å². The molecule has 1 fully saturated rings. The van der Waals surface area contributed by atoms with Crippen LogP contribution in [0.3, 0.4) is 0 Å². The molecule has 1 amide bonds. The number of nitrogens with zero attached hydrogens (tertiary/aromatic N) is 2. The molecule has 6 nitrogen and oxygen atoms in total. The Hall–Kier alpha value is -3.00. The van der Waals surface area contributed by atoms with Gasteiger partial charge in [0, 0.05) is 45.1 Å². The summed E-state index contributed by atoms with van der Waals surface area (Å²) < 4.78 is 27.3. The lowest BCUT2D eigenvalue weighted by atomic mass is 9.88. The van der Waals surface area contributed by atoms with E-state index in [2.05, 4.69) is 10.2 Å². The van der Waals surface area contributed by atoms with Crippen LogP contribution in [0.25, 0.3) is 0 Å². The predicted molar refractivity (Wildman–Crippen MR) is 134 cm³/mol. The van der Waals surface area contributed by atoms with Gasteiger partial charge in [-0.2, -0.15) is 4.31 Å². The highest BCUT2D eigenvalue weighted by Gasteiger charge is 2.27. The van der Waals surface area contributed by atoms with Crippen molar-refractivity contribution in [2.24, 2.45) is 0 Å². The minimum absolute atomic E-state index is 0.0292. The number of carbonyl (C=O) groups is 1. The quantitative estimate of drug-likeness (QED) is 0.540. The summed E-state index contributed by atoms with van der Waals surface area (Å²) in [5, 5.41) is 2.99. The van der Waals surface area contributed by atoms with Crippen LogP contribution in [0.2, 0.25) is 0 Å². The molecule has 178 valence electrons. The SMILES string of the molecule is CN1CCN(S(=O)(=O)c2ccc(CNC(=O)CC(c3ccccc3)c3ccccc3)cc2)CC1. The molecule has 1 heterocycles. The van der Waals surface area contributed by atoms with Gasteiger partial charge in [-0.3, -0.25) is 4.79 Å². The molecule has 3 aromatic rings. The van der Waals surface area contributed by atoms with Gasteiger partial charge < -0.3 is 10.2 Å². The van der Waals surface area contributed by atoms with Gasteiger partial charge in [-0.1, -0.05) is 72.8 Å². The second-order valence-corrected chi connectivity index (χ2v) is 10.6. The van der Waals surface area contributed by atoms with E-state index in [1.165, 1.54) is 4.31 Å². The highest BCUT2D eigenvalue weighted by Crippen LogP contribution is 2.27. The molecule has 1 saturated heterocycles. The average Bonchev–Trinajstić information content (AvgIpc) is 2.87. The summed E-state index contributed by atoms with van der Waals surface area (Å²) >= 11 is 0. The first-order chi connectivity index (χ1) is 16.4. The lowest BCUT2D eigenvalue weighted by Gasteiger charge is -2.31. The topological polar surface area (TPSA) is 69.7 Å². The number of rotatable bonds is 8. The number of sulfonamides is 1. The van der Waals surface area contributed by atoms with Gasteiger partial charge in [0.1, 0.15) is 0 Å². The van der Waals surface area contributed by atoms with E-state index >= 15 is 0 Å². The van der Waals surface area contributed by atoms with Gasteiger partial charge in [-0.15, -0.1) is 0 Å². The zero-order valence-electron chi connectivity index (χ0n) is 19.4. The lowest BCUT2D eigenvalue weighted by molar-refractivity contribution is -0.121. The lowest BCUT2D eigenvalue weighted by Crippen LogP contribution is -2.47. The van der Waals surface area contributed by atoms with Crippen molar-refractivity contribution in [2.45, 2.75) is 23.8 Å². The third-order valence-electron chi connectivity index (χ3n) is 6.31. The van der Waals surface area contributed by atoms with Crippen LogP contribution in [0.4, 0.5) is 0 Å². The molecule has 0 aromatic heterocycles. The fourth-order valence-electron chi connectivity index (χ4n) is 4.21. The van der Waals surface area contributed by atoms with Crippen LogP contribution >= 0.6 is 0 Å². The van der Waals surface area contributed by atoms with Gasteiger partial charge in [0.05, 0.1) is 4.90 Å². The van der Waals surface area contributed by atoms with Crippen molar-refractivity contribution >= 4 is 15.9 Å². The van der Waals surface area contributed by atoms with Gasteiger partial charge in [0.15, 0.2) is 0 Å². The van der Waals surface area contributed by atoms with Crippen LogP contribution in [0.5, 0.6) is 0 Å². The van der Waals surface area contributed by atoms with Crippen LogP contribution in [0.1, 0.15) is 29.0 Å². The Bertz CT molecular complexity index is 1140. The molecule has 0 spiro atoms. The monoisotopic (exact) mass is 477 g/mol. The Morgan fingerprint density at radius 3 is 1.88 bits per heavy atom. The number of carbonyl (C=O) groups excluding carboxylic acids is 1. The second-order valence-electron chi connectivity index (χ2n) is 8.71. The van der Waals surface area contributed by atoms with Gasteiger partial charge in [-0.25, -0.2) is 8.42 Å². The van der Waals surface area contributed by atoms with Crippen molar-refractivity contribution in [1.82, 2.24) is 14.5 Å². The Labute approximate surface area is 202 Å². The number of hydrogen-bond donors (Lipinski definition) is 1. The number of likely N-dealkylation sites (N-methyl/N-ethyl adjacent to an activating group) is 1. The molecule has 1 N–H and O–H groups in total. The molecule has 0 unspecified atom stereocenters. The van der Waals surface area contributed by atoms with Crippen LogP contribution in [-0.4, -0.2) is 56.8 Å². The Kier molecular flexibility index (Phi) is 7.77. The summed E-state index contributed by atoms with van der Waals surface area (Å²) in [5.41, 5.74) is 3.06. The van der Waals surface area contributed by atoms with E-state index in [1.54, 1.807) is 24.3 Å². The minimum atomic E-state index is -3.49. The molecule has 3 aromatic carbocycles. The molecule has 4 rings (SSSR count). The van der Waals surface area contributed by atoms with Gasteiger partial charge >= 0.3 is 0 Å². The van der Waals surface area contributed by atoms with Crippen LogP contribution in [-0.2, 0) is 21.4 Å². The van der Waals surface area contributed by atoms with E-state index in [4.69, 9.17) is 0 Å². The summed E-state index contributed by atoms with van der Waals surface area (Å²) in [6, 6.07) is 26.9. The predicted octanol–water partition coefficient (Wildman–Crippen LogP) is 3.46. The summed E-state index contributed by atoms with van der Waals surface area (Å²) in [5.74, 6) is -0.0784. The molecule has 0 saturated carbocycles. The van der Waals surface area contributed by atoms with E-state index in [-0.39, 0.29) is 11.8 Å². The molecule has 0 aliphatic carbocycles. The molecular weight excluding hydrogens is 446 g/mol. The summed E-state index contributed by atoms with van der Waals surface area (Å²) in [6.45, 7) is 2.82. The van der Waals surface area contributed by atoms with Crippen molar-refractivity contribution in [3.05, 3.63) is 102 Å². The maximum absolute atomic E-state index is 12.9. The third-order valence-corrected chi connectivity index (χ3v) is 8.22. The second kappa shape index (κ2) is 11.0. The Morgan fingerprint density at radius 1 is 0.824 bits per heavy atom. The smallest absolute Gasteiger partial charge is 0.243 e. The molecule has 7 heteroatoms. The van der Waals surface area contributed by atoms with Gasteiger partial charge in [-0.05, 0) is 35.9 Å². The van der Waals surface area contributed by atoms with E-state index in [0.29, 0.717) is 31.0 Å². The first kappa shape index (κ1) is 24.1. The van der Waals surface area contributed by atoms with Crippen molar-refractivity contribution in [2.75, 3.05) is 33.2 Å². The van der Waals surface area contributed by atoms with Gasteiger partial charge in [0.2, 0.25) is 15.9 Å². The standard InChI is InChI=1S/C27H31N3O3S/c1-29-16-18-30(19-17-29)34(32,33)25-14-12-22(13-15-25)21-28-27(31)20-26(23-8-4-2-5-9-23)24-10-6-3-7-11-24/h2-15,26H,16-21H2,1H3,(H,28,31). The fraction of sp³-hybridized carbons (Fsp3) is 0.296. The molecular formula is C27H31N3O3S. The molecule has 34 heavy (non-hydrogen) atoms. The largest absolute Gasteiger partial charge is 0.352 e. The first-order valence-electron chi connectivity index (χ1n) is 11.6. The Morgan fingerprint density at radius 2 is 1.35 bits per heavy atom. The number of hydrogen-bond acceptors (Lipinski definition) is 4. The summed E-state index contributed by atoms with van der Waals surface area (Å²) in [6.07, 6.45) is 0.337. The van der Waals surface area contributed by atoms with Gasteiger partial charge in [0.25, 0.3) is 0 Å². The molecule has 0 bridgehead atoms. The van der Waals surface area contributed by atoms with E-state index < -0.39 is 10.0 Å². The van der Waals surface area contributed by atoms with E-state index in [9.17, 15) is 13.2 Å². The number of nitrogens with one attached hydrogen (secondary N) is 1. The zero-order chi connectivity index (χ0) is 24.0. The summed E-state index contributed by atoms with van der Waals surface area (Å²) in [7, 11) is -1.50. The third kappa shape index (κ3) is 5.91. The fourth-order valence-corrected chi connectivity index (χ4v) is 5.64. The summed E-state index contributed by atoms with van der Waals surface area (Å²) in [4.78, 5) is 15.2. The van der Waals surface area contributed by atoms with Crippen molar-refractivity contribution in [3.8, 4) is 0 Å². The molecule has 0 atom stereocenters. The number of piperazine rings is 1. The maximum atomic E-state index is 12.9. The highest BCUT2D eigenvalue weighted by molar-refractivity contribution is 7.89. The number of benzene rings is 3. The Balaban J connectivity index is 1.38. The van der Waals surface area contributed by atoms with Crippen LogP contribution in [0.15, 0.2) is 89.8 Å². The maximum Gasteiger partial charge on any atom is 0.243 e. The normalized spacial score (nSPS) is 15.4.